The molecule has 0 saturated heterocycles. The fraction of sp³-hybridized carbons (Fsp3) is 0.286. The van der Waals surface area contributed by atoms with E-state index in [2.05, 4.69) is 36.3 Å². The van der Waals surface area contributed by atoms with E-state index < -0.39 is 5.97 Å². The van der Waals surface area contributed by atoms with E-state index >= 15 is 0 Å². The van der Waals surface area contributed by atoms with Crippen molar-refractivity contribution >= 4 is 40.0 Å². The zero-order valence-electron chi connectivity index (χ0n) is 22.3. The number of benzene rings is 2. The molecule has 8 nitrogen and oxygen atoms in total. The van der Waals surface area contributed by atoms with Crippen LogP contribution in [0.2, 0.25) is 0 Å². The van der Waals surface area contributed by atoms with Crippen molar-refractivity contribution in [2.75, 3.05) is 18.2 Å². The van der Waals surface area contributed by atoms with Gasteiger partial charge in [0.15, 0.2) is 11.0 Å². The van der Waals surface area contributed by atoms with Crippen LogP contribution in [-0.4, -0.2) is 39.5 Å². The van der Waals surface area contributed by atoms with E-state index in [9.17, 15) is 14.0 Å². The van der Waals surface area contributed by atoms with Crippen molar-refractivity contribution in [3.05, 3.63) is 76.7 Å². The second-order valence-electron chi connectivity index (χ2n) is 9.71. The smallest absolute Gasteiger partial charge is 0.341 e. The minimum absolute atomic E-state index is 0.0471. The van der Waals surface area contributed by atoms with Gasteiger partial charge in [-0.25, -0.2) is 9.18 Å². The lowest BCUT2D eigenvalue weighted by atomic mass is 9.87. The molecule has 0 unspecified atom stereocenters. The van der Waals surface area contributed by atoms with Crippen LogP contribution in [0.25, 0.3) is 11.1 Å². The first-order valence-electron chi connectivity index (χ1n) is 12.1. The number of carbonyl (C=O) groups is 2. The molecule has 2 heterocycles. The van der Waals surface area contributed by atoms with Crippen LogP contribution in [0.4, 0.5) is 9.39 Å². The largest absolute Gasteiger partial charge is 0.486 e. The molecule has 0 bridgehead atoms. The maximum absolute atomic E-state index is 13.4. The van der Waals surface area contributed by atoms with Crippen LogP contribution < -0.4 is 10.1 Å². The van der Waals surface area contributed by atoms with E-state index in [0.29, 0.717) is 27.1 Å². The van der Waals surface area contributed by atoms with E-state index in [0.717, 1.165) is 5.75 Å². The van der Waals surface area contributed by atoms with Gasteiger partial charge < -0.3 is 19.4 Å². The molecule has 0 atom stereocenters. The standard InChI is InChI=1S/C28H29FN4O4S2/c1-28(2,3)18-8-12-20(13-9-18)37-14-22-31-32-27(33(22)4)39-16-23(34)30-25-24(26(35)36-5)21(15-38-25)17-6-10-19(29)11-7-17/h6-13,15H,14,16H2,1-5H3,(H,30,34). The predicted octanol–water partition coefficient (Wildman–Crippen LogP) is 6.08. The maximum Gasteiger partial charge on any atom is 0.341 e. The minimum Gasteiger partial charge on any atom is -0.486 e. The molecule has 0 aliphatic rings. The van der Waals surface area contributed by atoms with E-state index in [1.807, 2.05) is 31.3 Å². The van der Waals surface area contributed by atoms with Gasteiger partial charge in [0.2, 0.25) is 5.91 Å². The molecule has 0 fully saturated rings. The third-order valence-electron chi connectivity index (χ3n) is 5.93. The Balaban J connectivity index is 1.37. The van der Waals surface area contributed by atoms with Crippen LogP contribution in [0.5, 0.6) is 5.75 Å². The van der Waals surface area contributed by atoms with Gasteiger partial charge in [-0.2, -0.15) is 0 Å². The molecule has 2 aromatic carbocycles. The van der Waals surface area contributed by atoms with Gasteiger partial charge in [0, 0.05) is 18.0 Å². The Labute approximate surface area is 234 Å². The topological polar surface area (TPSA) is 95.3 Å². The predicted molar refractivity (Wildman–Crippen MR) is 151 cm³/mol. The van der Waals surface area contributed by atoms with E-state index in [1.54, 1.807) is 22.1 Å². The van der Waals surface area contributed by atoms with Crippen LogP contribution in [-0.2, 0) is 28.6 Å². The van der Waals surface area contributed by atoms with E-state index in [4.69, 9.17) is 9.47 Å². The fourth-order valence-electron chi connectivity index (χ4n) is 3.68. The van der Waals surface area contributed by atoms with Gasteiger partial charge in [-0.05, 0) is 40.8 Å². The van der Waals surface area contributed by atoms with Gasteiger partial charge in [-0.3, -0.25) is 4.79 Å². The summed E-state index contributed by atoms with van der Waals surface area (Å²) in [4.78, 5) is 25.3. The van der Waals surface area contributed by atoms with Crippen molar-refractivity contribution in [2.24, 2.45) is 7.05 Å². The first-order valence-corrected chi connectivity index (χ1v) is 13.9. The third kappa shape index (κ3) is 6.85. The number of halogens is 1. The van der Waals surface area contributed by atoms with Crippen molar-refractivity contribution in [1.29, 1.82) is 0 Å². The zero-order valence-corrected chi connectivity index (χ0v) is 23.9. The lowest BCUT2D eigenvalue weighted by Gasteiger charge is -2.19. The Kier molecular flexibility index (Phi) is 8.71. The number of methoxy groups -OCH3 is 1. The molecular weight excluding hydrogens is 539 g/mol. The summed E-state index contributed by atoms with van der Waals surface area (Å²) >= 11 is 2.41. The van der Waals surface area contributed by atoms with Gasteiger partial charge >= 0.3 is 5.97 Å². The normalized spacial score (nSPS) is 11.3. The summed E-state index contributed by atoms with van der Waals surface area (Å²) in [5, 5.41) is 13.8. The number of hydrogen-bond acceptors (Lipinski definition) is 8. The highest BCUT2D eigenvalue weighted by Gasteiger charge is 2.23. The van der Waals surface area contributed by atoms with Gasteiger partial charge in [-0.1, -0.05) is 56.8 Å². The molecule has 4 aromatic rings. The molecule has 39 heavy (non-hydrogen) atoms. The second kappa shape index (κ2) is 12.0. The SMILES string of the molecule is COC(=O)c1c(-c2ccc(F)cc2)csc1NC(=O)CSc1nnc(COc2ccc(C(C)(C)C)cc2)n1C. The number of esters is 1. The van der Waals surface area contributed by atoms with Gasteiger partial charge in [0.1, 0.15) is 28.7 Å². The van der Waals surface area contributed by atoms with Crippen molar-refractivity contribution in [2.45, 2.75) is 37.9 Å². The highest BCUT2D eigenvalue weighted by molar-refractivity contribution is 7.99. The lowest BCUT2D eigenvalue weighted by Crippen LogP contribution is -2.16. The quantitative estimate of drug-likeness (QED) is 0.193. The fourth-order valence-corrected chi connectivity index (χ4v) is 5.39. The number of nitrogens with one attached hydrogen (secondary N) is 1. The molecule has 0 spiro atoms. The molecule has 204 valence electrons. The summed E-state index contributed by atoms with van der Waals surface area (Å²) < 4.78 is 25.9. The third-order valence-corrected chi connectivity index (χ3v) is 7.85. The van der Waals surface area contributed by atoms with Crippen LogP contribution >= 0.6 is 23.1 Å². The van der Waals surface area contributed by atoms with Crippen LogP contribution in [0.15, 0.2) is 59.1 Å². The zero-order chi connectivity index (χ0) is 28.2. The number of ether oxygens (including phenoxy) is 2. The number of thioether (sulfide) groups is 1. The summed E-state index contributed by atoms with van der Waals surface area (Å²) in [6.45, 7) is 6.71. The summed E-state index contributed by atoms with van der Waals surface area (Å²) in [7, 11) is 3.08. The molecule has 0 aliphatic heterocycles. The second-order valence-corrected chi connectivity index (χ2v) is 11.5. The van der Waals surface area contributed by atoms with Crippen molar-refractivity contribution in [3.8, 4) is 16.9 Å². The van der Waals surface area contributed by atoms with Crippen molar-refractivity contribution in [1.82, 2.24) is 14.8 Å². The molecular formula is C28H29FN4O4S2. The summed E-state index contributed by atoms with van der Waals surface area (Å²) in [5.41, 5.74) is 2.71. The number of aromatic nitrogens is 3. The molecule has 1 amide bonds. The van der Waals surface area contributed by atoms with Crippen LogP contribution in [0.3, 0.4) is 0 Å². The van der Waals surface area contributed by atoms with E-state index in [-0.39, 0.29) is 35.1 Å². The lowest BCUT2D eigenvalue weighted by molar-refractivity contribution is -0.113. The Morgan fingerprint density at radius 3 is 2.41 bits per heavy atom. The van der Waals surface area contributed by atoms with Gasteiger partial charge in [0.05, 0.1) is 12.9 Å². The first-order chi connectivity index (χ1) is 18.6. The molecule has 11 heteroatoms. The van der Waals surface area contributed by atoms with E-state index in [1.165, 1.54) is 47.9 Å². The Bertz CT molecular complexity index is 1460. The van der Waals surface area contributed by atoms with Crippen molar-refractivity contribution in [3.63, 3.8) is 0 Å². The Hall–Kier alpha value is -3.70. The Morgan fingerprint density at radius 2 is 1.77 bits per heavy atom. The highest BCUT2D eigenvalue weighted by Crippen LogP contribution is 2.36. The number of nitrogens with zero attached hydrogens (tertiary/aromatic N) is 3. The summed E-state index contributed by atoms with van der Waals surface area (Å²) in [6, 6.07) is 13.7. The number of hydrogen-bond donors (Lipinski definition) is 1. The van der Waals surface area contributed by atoms with Gasteiger partial charge in [0.25, 0.3) is 0 Å². The number of thiophene rings is 1. The first kappa shape index (κ1) is 28.3. The molecule has 0 aliphatic carbocycles. The van der Waals surface area contributed by atoms with Crippen molar-refractivity contribution < 1.29 is 23.5 Å². The minimum atomic E-state index is -0.593. The number of carbonyl (C=O) groups excluding carboxylic acids is 2. The average molecular weight is 569 g/mol. The molecule has 0 radical (unpaired) electrons. The maximum atomic E-state index is 13.4. The molecule has 4 rings (SSSR count). The number of anilines is 1. The van der Waals surface area contributed by atoms with Crippen LogP contribution in [0.1, 0.15) is 42.5 Å². The molecule has 0 saturated carbocycles. The van der Waals surface area contributed by atoms with Crippen LogP contribution in [0, 0.1) is 5.82 Å². The molecule has 1 N–H and O–H groups in total. The van der Waals surface area contributed by atoms with Gasteiger partial charge in [-0.15, -0.1) is 21.5 Å². The Morgan fingerprint density at radius 1 is 1.08 bits per heavy atom. The summed E-state index contributed by atoms with van der Waals surface area (Å²) in [6.07, 6.45) is 0. The highest BCUT2D eigenvalue weighted by atomic mass is 32.2. The number of rotatable bonds is 9. The molecule has 2 aromatic heterocycles. The average Bonchev–Trinajstić information content (AvgIpc) is 3.48. The monoisotopic (exact) mass is 568 g/mol. The summed E-state index contributed by atoms with van der Waals surface area (Å²) in [5.74, 6) is 0.102. The number of amides is 1.